The lowest BCUT2D eigenvalue weighted by atomic mass is 10.0. The Bertz CT molecular complexity index is 1290. The number of amides is 2. The number of carboxylic acids is 1. The van der Waals surface area contributed by atoms with Crippen LogP contribution in [0.1, 0.15) is 17.3 Å². The van der Waals surface area contributed by atoms with E-state index in [1.807, 2.05) is 60.7 Å². The molecule has 9 heteroatoms. The van der Waals surface area contributed by atoms with E-state index >= 15 is 0 Å². The van der Waals surface area contributed by atoms with Gasteiger partial charge in [0.1, 0.15) is 22.8 Å². The number of rotatable bonds is 5. The van der Waals surface area contributed by atoms with Crippen LogP contribution in [0.5, 0.6) is 0 Å². The van der Waals surface area contributed by atoms with Gasteiger partial charge in [-0.15, -0.1) is 11.8 Å². The zero-order chi connectivity index (χ0) is 23.1. The summed E-state index contributed by atoms with van der Waals surface area (Å²) in [5, 5.41) is 16.5. The first kappa shape index (κ1) is 21.0. The molecule has 2 aliphatic heterocycles. The fourth-order valence-corrected chi connectivity index (χ4v) is 5.35. The topological polar surface area (TPSA) is 105 Å². The van der Waals surface area contributed by atoms with Gasteiger partial charge in [-0.1, -0.05) is 48.5 Å². The quantitative estimate of drug-likeness (QED) is 0.568. The van der Waals surface area contributed by atoms with Crippen LogP contribution in [0.15, 0.2) is 78.1 Å². The van der Waals surface area contributed by atoms with Crippen LogP contribution >= 0.6 is 11.8 Å². The Morgan fingerprint density at radius 3 is 2.42 bits per heavy atom. The van der Waals surface area contributed by atoms with Crippen LogP contribution in [0.2, 0.25) is 0 Å². The summed E-state index contributed by atoms with van der Waals surface area (Å²) in [4.78, 5) is 39.0. The van der Waals surface area contributed by atoms with Gasteiger partial charge in [-0.25, -0.2) is 9.48 Å². The molecule has 8 nitrogen and oxygen atoms in total. The largest absolute Gasteiger partial charge is 0.477 e. The maximum absolute atomic E-state index is 13.3. The van der Waals surface area contributed by atoms with Crippen molar-refractivity contribution in [3.8, 4) is 16.9 Å². The molecule has 0 unspecified atom stereocenters. The first-order chi connectivity index (χ1) is 16.0. The average Bonchev–Trinajstić information content (AvgIpc) is 3.29. The lowest BCUT2D eigenvalue weighted by molar-refractivity contribution is -0.148. The number of thioether (sulfide) groups is 1. The highest BCUT2D eigenvalue weighted by molar-refractivity contribution is 8.00. The predicted molar refractivity (Wildman–Crippen MR) is 124 cm³/mol. The van der Waals surface area contributed by atoms with Gasteiger partial charge >= 0.3 is 5.97 Å². The molecule has 5 rings (SSSR count). The second-order valence-corrected chi connectivity index (χ2v) is 8.94. The molecular formula is C24H20N4O4S. The van der Waals surface area contributed by atoms with Gasteiger partial charge < -0.3 is 10.4 Å². The van der Waals surface area contributed by atoms with Gasteiger partial charge in [0.15, 0.2) is 0 Å². The van der Waals surface area contributed by atoms with Gasteiger partial charge in [-0.2, -0.15) is 5.10 Å². The number of fused-ring (bicyclic) bond motifs is 1. The summed E-state index contributed by atoms with van der Waals surface area (Å²) in [5.74, 6) is -1.50. The van der Waals surface area contributed by atoms with Gasteiger partial charge in [0, 0.05) is 17.5 Å². The number of hydrogen-bond acceptors (Lipinski definition) is 5. The number of aromatic nitrogens is 2. The van der Waals surface area contributed by atoms with Gasteiger partial charge in [-0.05, 0) is 24.6 Å². The van der Waals surface area contributed by atoms with Crippen molar-refractivity contribution in [1.82, 2.24) is 20.0 Å². The number of carbonyl (C=O) groups is 3. The van der Waals surface area contributed by atoms with Crippen LogP contribution in [0.4, 0.5) is 0 Å². The molecule has 2 aromatic carbocycles. The molecule has 3 heterocycles. The summed E-state index contributed by atoms with van der Waals surface area (Å²) in [5.41, 5.74) is 3.06. The molecule has 2 aliphatic rings. The van der Waals surface area contributed by atoms with Crippen LogP contribution in [0.3, 0.4) is 0 Å². The Morgan fingerprint density at radius 2 is 1.76 bits per heavy atom. The molecule has 3 aromatic rings. The highest BCUT2D eigenvalue weighted by Crippen LogP contribution is 2.40. The third kappa shape index (κ3) is 3.60. The molecule has 166 valence electrons. The lowest BCUT2D eigenvalue weighted by Crippen LogP contribution is -2.70. The number of carbonyl (C=O) groups excluding carboxylic acids is 2. The lowest BCUT2D eigenvalue weighted by Gasteiger charge is -2.49. The van der Waals surface area contributed by atoms with Crippen LogP contribution in [-0.4, -0.2) is 54.7 Å². The molecule has 2 N–H and O–H groups in total. The van der Waals surface area contributed by atoms with E-state index in [2.05, 4.69) is 10.4 Å². The van der Waals surface area contributed by atoms with Crippen LogP contribution in [-0.2, 0) is 9.59 Å². The second kappa shape index (κ2) is 8.25. The summed E-state index contributed by atoms with van der Waals surface area (Å²) in [7, 11) is 0. The van der Waals surface area contributed by atoms with Gasteiger partial charge in [0.2, 0.25) is 0 Å². The van der Waals surface area contributed by atoms with Gasteiger partial charge in [-0.3, -0.25) is 14.5 Å². The number of benzene rings is 2. The second-order valence-electron chi connectivity index (χ2n) is 7.83. The standard InChI is InChI=1S/C24H20N4O4S/c1-14-13-33-23-19(22(30)28(23)20(14)24(31)32)25-21(29)17-12-27(16-10-6-3-7-11-16)26-18(17)15-8-4-2-5-9-15/h2-12,19,23H,13H2,1H3,(H,25,29)(H,31,32)/t19-,23+/m0/s1. The van der Waals surface area contributed by atoms with Crippen molar-refractivity contribution < 1.29 is 19.5 Å². The number of aliphatic carboxylic acids is 1. The molecule has 33 heavy (non-hydrogen) atoms. The molecule has 0 bridgehead atoms. The molecule has 0 radical (unpaired) electrons. The fraction of sp³-hybridized carbons (Fsp3) is 0.167. The van der Waals surface area contributed by atoms with Crippen molar-refractivity contribution in [1.29, 1.82) is 0 Å². The third-order valence-electron chi connectivity index (χ3n) is 5.67. The number of nitrogens with one attached hydrogen (secondary N) is 1. The van der Waals surface area contributed by atoms with E-state index in [0.717, 1.165) is 11.3 Å². The molecule has 0 aliphatic carbocycles. The van der Waals surface area contributed by atoms with Crippen molar-refractivity contribution in [2.75, 3.05) is 5.75 Å². The summed E-state index contributed by atoms with van der Waals surface area (Å²) in [6.45, 7) is 1.70. The molecule has 2 atom stereocenters. The first-order valence-electron chi connectivity index (χ1n) is 10.3. The highest BCUT2D eigenvalue weighted by atomic mass is 32.2. The molecule has 1 aromatic heterocycles. The molecule has 1 saturated heterocycles. The van der Waals surface area contributed by atoms with Crippen molar-refractivity contribution in [2.24, 2.45) is 0 Å². The minimum atomic E-state index is -1.13. The number of nitrogens with zero attached hydrogens (tertiary/aromatic N) is 3. The number of β-lactam (4-membered cyclic amide) rings is 1. The summed E-state index contributed by atoms with van der Waals surface area (Å²) < 4.78 is 1.64. The monoisotopic (exact) mass is 460 g/mol. The maximum atomic E-state index is 13.3. The summed E-state index contributed by atoms with van der Waals surface area (Å²) in [6.07, 6.45) is 1.65. The van der Waals surface area contributed by atoms with E-state index in [0.29, 0.717) is 22.6 Å². The molecular weight excluding hydrogens is 440 g/mol. The van der Waals surface area contributed by atoms with E-state index in [-0.39, 0.29) is 5.70 Å². The van der Waals surface area contributed by atoms with E-state index in [1.165, 1.54) is 16.7 Å². The zero-order valence-electron chi connectivity index (χ0n) is 17.6. The number of carboxylic acid groups (broad SMARTS) is 1. The zero-order valence-corrected chi connectivity index (χ0v) is 18.5. The third-order valence-corrected chi connectivity index (χ3v) is 7.10. The smallest absolute Gasteiger partial charge is 0.352 e. The maximum Gasteiger partial charge on any atom is 0.352 e. The average molecular weight is 461 g/mol. The summed E-state index contributed by atoms with van der Waals surface area (Å²) >= 11 is 1.44. The number of hydrogen-bond donors (Lipinski definition) is 2. The Morgan fingerprint density at radius 1 is 1.09 bits per heavy atom. The predicted octanol–water partition coefficient (Wildman–Crippen LogP) is 2.91. The van der Waals surface area contributed by atoms with Gasteiger partial charge in [0.05, 0.1) is 11.3 Å². The minimum absolute atomic E-state index is 0.0103. The number of para-hydroxylation sites is 1. The normalized spacial score (nSPS) is 19.7. The minimum Gasteiger partial charge on any atom is -0.477 e. The molecule has 0 spiro atoms. The molecule has 1 fully saturated rings. The SMILES string of the molecule is CC1=C(C(=O)O)N2C(=O)[C@H](NC(=O)c3cn(-c4ccccc4)nc3-c3ccccc3)[C@H]2SC1. The molecule has 0 saturated carbocycles. The first-order valence-corrected chi connectivity index (χ1v) is 11.4. The van der Waals surface area contributed by atoms with E-state index in [4.69, 9.17) is 0 Å². The molecule has 2 amide bonds. The Hall–Kier alpha value is -3.85. The van der Waals surface area contributed by atoms with E-state index < -0.39 is 29.2 Å². The van der Waals surface area contributed by atoms with Crippen molar-refractivity contribution in [3.63, 3.8) is 0 Å². The Labute approximate surface area is 193 Å². The van der Waals surface area contributed by atoms with Crippen LogP contribution in [0.25, 0.3) is 16.9 Å². The van der Waals surface area contributed by atoms with E-state index in [9.17, 15) is 19.5 Å². The van der Waals surface area contributed by atoms with Crippen LogP contribution < -0.4 is 5.32 Å². The van der Waals surface area contributed by atoms with Crippen molar-refractivity contribution >= 4 is 29.5 Å². The Balaban J connectivity index is 1.45. The van der Waals surface area contributed by atoms with E-state index in [1.54, 1.807) is 17.8 Å². The van der Waals surface area contributed by atoms with Crippen molar-refractivity contribution in [2.45, 2.75) is 18.3 Å². The fourth-order valence-electron chi connectivity index (χ4n) is 4.06. The highest BCUT2D eigenvalue weighted by Gasteiger charge is 2.53. The summed E-state index contributed by atoms with van der Waals surface area (Å²) in [6, 6.07) is 18.0. The van der Waals surface area contributed by atoms with Crippen molar-refractivity contribution in [3.05, 3.63) is 83.7 Å². The Kier molecular flexibility index (Phi) is 5.26. The van der Waals surface area contributed by atoms with Crippen LogP contribution in [0, 0.1) is 0 Å². The van der Waals surface area contributed by atoms with Gasteiger partial charge in [0.25, 0.3) is 11.8 Å².